The minimum Gasteiger partial charge on any atom is -0.497 e. The number of nitrogens with zero attached hydrogens (tertiary/aromatic N) is 2. The Kier molecular flexibility index (Phi) is 10.1. The fourth-order valence-electron chi connectivity index (χ4n) is 4.20. The van der Waals surface area contributed by atoms with Gasteiger partial charge < -0.3 is 15.0 Å². The molecule has 0 heterocycles. The molecule has 9 heteroatoms. The molecule has 3 aromatic rings. The van der Waals surface area contributed by atoms with Gasteiger partial charge in [0.15, 0.2) is 0 Å². The second-order valence-corrected chi connectivity index (χ2v) is 11.5. The molecular formula is C30H37N3O5S. The lowest BCUT2D eigenvalue weighted by Crippen LogP contribution is -2.53. The number of benzene rings is 3. The van der Waals surface area contributed by atoms with Gasteiger partial charge in [-0.25, -0.2) is 8.42 Å². The topological polar surface area (TPSA) is 96.0 Å². The number of carbonyl (C=O) groups is 2. The molecule has 0 aliphatic heterocycles. The van der Waals surface area contributed by atoms with E-state index in [4.69, 9.17) is 4.74 Å². The van der Waals surface area contributed by atoms with Gasteiger partial charge in [-0.1, -0.05) is 61.0 Å². The van der Waals surface area contributed by atoms with Crippen molar-refractivity contribution < 1.29 is 22.7 Å². The van der Waals surface area contributed by atoms with E-state index in [0.29, 0.717) is 12.2 Å². The van der Waals surface area contributed by atoms with Crippen molar-refractivity contribution in [1.82, 2.24) is 10.2 Å². The summed E-state index contributed by atoms with van der Waals surface area (Å²) in [4.78, 5) is 28.7. The van der Waals surface area contributed by atoms with Crippen molar-refractivity contribution in [2.45, 2.75) is 57.6 Å². The Morgan fingerprint density at radius 1 is 0.949 bits per heavy atom. The van der Waals surface area contributed by atoms with Gasteiger partial charge in [-0.15, -0.1) is 0 Å². The largest absolute Gasteiger partial charge is 0.497 e. The summed E-state index contributed by atoms with van der Waals surface area (Å²) in [5.74, 6) is -0.331. The average molecular weight is 552 g/mol. The zero-order chi connectivity index (χ0) is 28.6. The zero-order valence-electron chi connectivity index (χ0n) is 23.1. The van der Waals surface area contributed by atoms with Crippen LogP contribution in [-0.2, 0) is 26.2 Å². The van der Waals surface area contributed by atoms with Crippen LogP contribution >= 0.6 is 0 Å². The molecule has 2 amide bonds. The number of aryl methyl sites for hydroxylation is 1. The molecule has 39 heavy (non-hydrogen) atoms. The SMILES string of the molecule is CC[C@@H](C(=O)NC(C)C)N(Cc1ccc(C)cc1)C(=O)CN(c1cccc(OC)c1)S(=O)(=O)c1ccccc1. The summed E-state index contributed by atoms with van der Waals surface area (Å²) >= 11 is 0. The quantitative estimate of drug-likeness (QED) is 0.357. The van der Waals surface area contributed by atoms with Gasteiger partial charge in [-0.05, 0) is 57.0 Å². The van der Waals surface area contributed by atoms with E-state index in [1.54, 1.807) is 42.5 Å². The molecule has 0 aliphatic rings. The third-order valence-electron chi connectivity index (χ3n) is 6.24. The molecule has 3 aromatic carbocycles. The van der Waals surface area contributed by atoms with E-state index in [9.17, 15) is 18.0 Å². The number of nitrogens with one attached hydrogen (secondary N) is 1. The first kappa shape index (κ1) is 29.7. The molecular weight excluding hydrogens is 514 g/mol. The van der Waals surface area contributed by atoms with E-state index in [1.165, 1.54) is 24.1 Å². The predicted molar refractivity (Wildman–Crippen MR) is 153 cm³/mol. The number of hydrogen-bond acceptors (Lipinski definition) is 5. The predicted octanol–water partition coefficient (Wildman–Crippen LogP) is 4.53. The second kappa shape index (κ2) is 13.3. The highest BCUT2D eigenvalue weighted by molar-refractivity contribution is 7.92. The van der Waals surface area contributed by atoms with Gasteiger partial charge in [0, 0.05) is 18.7 Å². The van der Waals surface area contributed by atoms with Crippen molar-refractivity contribution in [2.24, 2.45) is 0 Å². The number of amides is 2. The monoisotopic (exact) mass is 551 g/mol. The number of sulfonamides is 1. The summed E-state index contributed by atoms with van der Waals surface area (Å²) in [6.45, 7) is 7.17. The Labute approximate surface area is 231 Å². The van der Waals surface area contributed by atoms with Gasteiger partial charge in [-0.3, -0.25) is 13.9 Å². The Morgan fingerprint density at radius 3 is 2.21 bits per heavy atom. The number of rotatable bonds is 12. The molecule has 0 fully saturated rings. The molecule has 0 radical (unpaired) electrons. The minimum atomic E-state index is -4.13. The fourth-order valence-corrected chi connectivity index (χ4v) is 5.63. The Hall–Kier alpha value is -3.85. The summed E-state index contributed by atoms with van der Waals surface area (Å²) in [6.07, 6.45) is 0.362. The molecule has 0 unspecified atom stereocenters. The van der Waals surface area contributed by atoms with Crippen LogP contribution in [0, 0.1) is 6.92 Å². The smallest absolute Gasteiger partial charge is 0.264 e. The summed E-state index contributed by atoms with van der Waals surface area (Å²) < 4.78 is 34.1. The molecule has 1 atom stereocenters. The first-order chi connectivity index (χ1) is 18.6. The zero-order valence-corrected chi connectivity index (χ0v) is 23.9. The average Bonchev–Trinajstić information content (AvgIpc) is 2.92. The normalized spacial score (nSPS) is 12.1. The van der Waals surface area contributed by atoms with Crippen molar-refractivity contribution in [3.63, 3.8) is 0 Å². The summed E-state index contributed by atoms with van der Waals surface area (Å²) in [5, 5.41) is 2.90. The van der Waals surface area contributed by atoms with Gasteiger partial charge in [0.2, 0.25) is 11.8 Å². The Morgan fingerprint density at radius 2 is 1.62 bits per heavy atom. The van der Waals surface area contributed by atoms with Crippen LogP contribution < -0.4 is 14.4 Å². The van der Waals surface area contributed by atoms with Crippen molar-refractivity contribution in [3.05, 3.63) is 90.0 Å². The first-order valence-corrected chi connectivity index (χ1v) is 14.4. The lowest BCUT2D eigenvalue weighted by atomic mass is 10.1. The van der Waals surface area contributed by atoms with Crippen LogP contribution in [0.2, 0.25) is 0 Å². The maximum Gasteiger partial charge on any atom is 0.264 e. The number of carbonyl (C=O) groups excluding carboxylic acids is 2. The highest BCUT2D eigenvalue weighted by Gasteiger charge is 2.34. The maximum absolute atomic E-state index is 14.0. The van der Waals surface area contributed by atoms with E-state index < -0.39 is 28.5 Å². The molecule has 0 saturated heterocycles. The number of hydrogen-bond donors (Lipinski definition) is 1. The summed E-state index contributed by atoms with van der Waals surface area (Å²) in [6, 6.07) is 21.3. The fraction of sp³-hybridized carbons (Fsp3) is 0.333. The van der Waals surface area contributed by atoms with Crippen molar-refractivity contribution in [1.29, 1.82) is 0 Å². The molecule has 208 valence electrons. The highest BCUT2D eigenvalue weighted by atomic mass is 32.2. The number of methoxy groups -OCH3 is 1. The Balaban J connectivity index is 2.06. The lowest BCUT2D eigenvalue weighted by molar-refractivity contribution is -0.140. The number of anilines is 1. The van der Waals surface area contributed by atoms with Crippen LogP contribution in [0.1, 0.15) is 38.3 Å². The van der Waals surface area contributed by atoms with Gasteiger partial charge >= 0.3 is 0 Å². The standard InChI is InChI=1S/C30H37N3O5S/c1-6-28(30(35)31-22(2)3)32(20-24-17-15-23(4)16-18-24)29(34)21-33(25-11-10-12-26(19-25)38-5)39(36,37)27-13-8-7-9-14-27/h7-19,22,28H,6,20-21H2,1-5H3,(H,31,35)/t28-/m0/s1. The third kappa shape index (κ3) is 7.60. The molecule has 0 saturated carbocycles. The van der Waals surface area contributed by atoms with Crippen LogP contribution in [0.25, 0.3) is 0 Å². The van der Waals surface area contributed by atoms with Crippen LogP contribution in [0.15, 0.2) is 83.8 Å². The van der Waals surface area contributed by atoms with Gasteiger partial charge in [0.05, 0.1) is 17.7 Å². The molecule has 0 bridgehead atoms. The van der Waals surface area contributed by atoms with Crippen molar-refractivity contribution in [2.75, 3.05) is 18.0 Å². The van der Waals surface area contributed by atoms with Gasteiger partial charge in [-0.2, -0.15) is 0 Å². The molecule has 8 nitrogen and oxygen atoms in total. The lowest BCUT2D eigenvalue weighted by Gasteiger charge is -2.33. The van der Waals surface area contributed by atoms with E-state index in [-0.39, 0.29) is 29.1 Å². The Bertz CT molecular complexity index is 1360. The van der Waals surface area contributed by atoms with Crippen LogP contribution in [0.5, 0.6) is 5.75 Å². The van der Waals surface area contributed by atoms with Crippen LogP contribution in [-0.4, -0.2) is 50.9 Å². The van der Waals surface area contributed by atoms with Crippen LogP contribution in [0.4, 0.5) is 5.69 Å². The van der Waals surface area contributed by atoms with Crippen LogP contribution in [0.3, 0.4) is 0 Å². The van der Waals surface area contributed by atoms with Crippen molar-refractivity contribution in [3.8, 4) is 5.75 Å². The van der Waals surface area contributed by atoms with E-state index in [0.717, 1.165) is 15.4 Å². The molecule has 1 N–H and O–H groups in total. The molecule has 0 spiro atoms. The van der Waals surface area contributed by atoms with E-state index >= 15 is 0 Å². The minimum absolute atomic E-state index is 0.0512. The van der Waals surface area contributed by atoms with Gasteiger partial charge in [0.1, 0.15) is 18.3 Å². The van der Waals surface area contributed by atoms with Crippen molar-refractivity contribution >= 4 is 27.5 Å². The molecule has 0 aliphatic carbocycles. The number of ether oxygens (including phenoxy) is 1. The second-order valence-electron chi connectivity index (χ2n) is 9.62. The molecule has 0 aromatic heterocycles. The third-order valence-corrected chi connectivity index (χ3v) is 8.03. The van der Waals surface area contributed by atoms with E-state index in [2.05, 4.69) is 5.32 Å². The van der Waals surface area contributed by atoms with E-state index in [1.807, 2.05) is 52.0 Å². The summed E-state index contributed by atoms with van der Waals surface area (Å²) in [5.41, 5.74) is 2.18. The highest BCUT2D eigenvalue weighted by Crippen LogP contribution is 2.27. The maximum atomic E-state index is 14.0. The molecule has 3 rings (SSSR count). The summed E-state index contributed by atoms with van der Waals surface area (Å²) in [7, 11) is -2.64. The van der Waals surface area contributed by atoms with Gasteiger partial charge in [0.25, 0.3) is 10.0 Å². The first-order valence-electron chi connectivity index (χ1n) is 12.9.